The van der Waals surface area contributed by atoms with Gasteiger partial charge >= 0.3 is 0 Å². The van der Waals surface area contributed by atoms with Crippen LogP contribution in [0.1, 0.15) is 0 Å². The van der Waals surface area contributed by atoms with Crippen molar-refractivity contribution in [3.63, 3.8) is 0 Å². The highest BCUT2D eigenvalue weighted by Gasteiger charge is 1.94. The van der Waals surface area contributed by atoms with Gasteiger partial charge in [0.15, 0.2) is 0 Å². The predicted octanol–water partition coefficient (Wildman–Crippen LogP) is -1.98. The molecule has 0 heterocycles. The van der Waals surface area contributed by atoms with E-state index >= 15 is 0 Å². The Labute approximate surface area is 48.2 Å². The van der Waals surface area contributed by atoms with Gasteiger partial charge in [0, 0.05) is 19.1 Å². The van der Waals surface area contributed by atoms with Crippen LogP contribution in [0, 0.1) is 0 Å². The zero-order valence-electron chi connectivity index (χ0n) is 4.63. The number of carbonyl (C=O) groups is 1. The molecule has 0 aromatic carbocycles. The van der Waals surface area contributed by atoms with Gasteiger partial charge in [-0.05, 0) is 0 Å². The zero-order valence-corrected chi connectivity index (χ0v) is 4.63. The summed E-state index contributed by atoms with van der Waals surface area (Å²) >= 11 is 0. The molecule has 48 valence electrons. The highest BCUT2D eigenvalue weighted by atomic mass is 16.1. The molecule has 0 aliphatic heterocycles. The lowest BCUT2D eigenvalue weighted by Gasteiger charge is -2.04. The standard InChI is InChI=1S/C4H11N3O/c5-1-4(6)2-7-3-8/h3-4H,1-2,5-6H2,(H,7,8). The topological polar surface area (TPSA) is 81.1 Å². The second-order valence-corrected chi connectivity index (χ2v) is 1.52. The van der Waals surface area contributed by atoms with Crippen molar-refractivity contribution in [2.24, 2.45) is 11.5 Å². The van der Waals surface area contributed by atoms with E-state index in [0.717, 1.165) is 0 Å². The van der Waals surface area contributed by atoms with Crippen molar-refractivity contribution in [2.45, 2.75) is 6.04 Å². The van der Waals surface area contributed by atoms with Gasteiger partial charge in [-0.15, -0.1) is 0 Å². The summed E-state index contributed by atoms with van der Waals surface area (Å²) in [5.74, 6) is 0. The lowest BCUT2D eigenvalue weighted by Crippen LogP contribution is -2.39. The molecule has 1 unspecified atom stereocenters. The molecule has 0 fully saturated rings. The van der Waals surface area contributed by atoms with Gasteiger partial charge < -0.3 is 16.8 Å². The third kappa shape index (κ3) is 3.58. The Morgan fingerprint density at radius 1 is 1.75 bits per heavy atom. The van der Waals surface area contributed by atoms with Crippen molar-refractivity contribution >= 4 is 6.41 Å². The van der Waals surface area contributed by atoms with Crippen molar-refractivity contribution < 1.29 is 4.79 Å². The van der Waals surface area contributed by atoms with Gasteiger partial charge in [0.05, 0.1) is 0 Å². The second-order valence-electron chi connectivity index (χ2n) is 1.52. The average molecular weight is 117 g/mol. The molecule has 0 rings (SSSR count). The van der Waals surface area contributed by atoms with E-state index < -0.39 is 0 Å². The van der Waals surface area contributed by atoms with Gasteiger partial charge in [-0.1, -0.05) is 0 Å². The van der Waals surface area contributed by atoms with E-state index in [1.807, 2.05) is 0 Å². The third-order valence-electron chi connectivity index (χ3n) is 0.766. The first-order valence-corrected chi connectivity index (χ1v) is 2.44. The summed E-state index contributed by atoms with van der Waals surface area (Å²) < 4.78 is 0. The van der Waals surface area contributed by atoms with Crippen LogP contribution in [0.2, 0.25) is 0 Å². The predicted molar refractivity (Wildman–Crippen MR) is 31.1 cm³/mol. The normalized spacial score (nSPS) is 12.8. The molecule has 0 bridgehead atoms. The molecule has 1 atom stereocenters. The maximum atomic E-state index is 9.62. The number of nitrogens with two attached hydrogens (primary N) is 2. The van der Waals surface area contributed by atoms with E-state index in [0.29, 0.717) is 19.5 Å². The maximum absolute atomic E-state index is 9.62. The molecule has 8 heavy (non-hydrogen) atoms. The largest absolute Gasteiger partial charge is 0.357 e. The van der Waals surface area contributed by atoms with E-state index in [2.05, 4.69) is 5.32 Å². The Morgan fingerprint density at radius 3 is 2.75 bits per heavy atom. The first-order valence-electron chi connectivity index (χ1n) is 2.44. The molecular formula is C4H11N3O. The molecule has 0 saturated heterocycles. The molecule has 4 nitrogen and oxygen atoms in total. The van der Waals surface area contributed by atoms with E-state index in [4.69, 9.17) is 11.5 Å². The van der Waals surface area contributed by atoms with Crippen LogP contribution in [0.5, 0.6) is 0 Å². The number of amides is 1. The minimum atomic E-state index is -0.111. The molecule has 0 aromatic heterocycles. The molecule has 0 spiro atoms. The van der Waals surface area contributed by atoms with Crippen molar-refractivity contribution in [1.29, 1.82) is 0 Å². The third-order valence-corrected chi connectivity index (χ3v) is 0.766. The summed E-state index contributed by atoms with van der Waals surface area (Å²) in [7, 11) is 0. The van der Waals surface area contributed by atoms with Gasteiger partial charge in [-0.25, -0.2) is 0 Å². The molecule has 0 aliphatic rings. The number of hydrogen-bond donors (Lipinski definition) is 3. The fourth-order valence-electron chi connectivity index (χ4n) is 0.283. The summed E-state index contributed by atoms with van der Waals surface area (Å²) in [6.07, 6.45) is 0.607. The Balaban J connectivity index is 2.97. The van der Waals surface area contributed by atoms with Crippen LogP contribution >= 0.6 is 0 Å². The van der Waals surface area contributed by atoms with E-state index in [9.17, 15) is 4.79 Å². The molecule has 0 aliphatic carbocycles. The molecule has 0 radical (unpaired) electrons. The highest BCUT2D eigenvalue weighted by Crippen LogP contribution is 1.64. The average Bonchev–Trinajstić information content (AvgIpc) is 1.83. The fourth-order valence-corrected chi connectivity index (χ4v) is 0.283. The number of hydrogen-bond acceptors (Lipinski definition) is 3. The lowest BCUT2D eigenvalue weighted by molar-refractivity contribution is -0.109. The van der Waals surface area contributed by atoms with Crippen molar-refractivity contribution in [3.8, 4) is 0 Å². The van der Waals surface area contributed by atoms with Gasteiger partial charge in [-0.3, -0.25) is 4.79 Å². The summed E-state index contributed by atoms with van der Waals surface area (Å²) in [5.41, 5.74) is 10.4. The number of rotatable bonds is 4. The van der Waals surface area contributed by atoms with Gasteiger partial charge in [0.25, 0.3) is 0 Å². The summed E-state index contributed by atoms with van der Waals surface area (Å²) in [5, 5.41) is 2.41. The fraction of sp³-hybridized carbons (Fsp3) is 0.750. The van der Waals surface area contributed by atoms with Crippen molar-refractivity contribution in [1.82, 2.24) is 5.32 Å². The van der Waals surface area contributed by atoms with Crippen molar-refractivity contribution in [3.05, 3.63) is 0 Å². The van der Waals surface area contributed by atoms with E-state index in [1.54, 1.807) is 0 Å². The lowest BCUT2D eigenvalue weighted by atomic mass is 10.3. The molecule has 1 amide bonds. The summed E-state index contributed by atoms with van der Waals surface area (Å²) in [4.78, 5) is 9.62. The van der Waals surface area contributed by atoms with E-state index in [-0.39, 0.29) is 6.04 Å². The summed E-state index contributed by atoms with van der Waals surface area (Å²) in [6.45, 7) is 0.862. The molecular weight excluding hydrogens is 106 g/mol. The van der Waals surface area contributed by atoms with Crippen LogP contribution in [0.15, 0.2) is 0 Å². The Kier molecular flexibility index (Phi) is 4.20. The molecule has 5 N–H and O–H groups in total. The monoisotopic (exact) mass is 117 g/mol. The minimum Gasteiger partial charge on any atom is -0.357 e. The van der Waals surface area contributed by atoms with Gasteiger partial charge in [0.1, 0.15) is 0 Å². The minimum absolute atomic E-state index is 0.111. The maximum Gasteiger partial charge on any atom is 0.207 e. The van der Waals surface area contributed by atoms with Crippen molar-refractivity contribution in [2.75, 3.05) is 13.1 Å². The SMILES string of the molecule is NCC(N)CNC=O. The van der Waals surface area contributed by atoms with Crippen LogP contribution in [0.25, 0.3) is 0 Å². The molecule has 0 aromatic rings. The van der Waals surface area contributed by atoms with Gasteiger partial charge in [0.2, 0.25) is 6.41 Å². The Morgan fingerprint density at radius 2 is 2.38 bits per heavy atom. The van der Waals surface area contributed by atoms with Crippen LogP contribution < -0.4 is 16.8 Å². The first kappa shape index (κ1) is 7.39. The molecule has 4 heteroatoms. The number of nitrogens with one attached hydrogen (secondary N) is 1. The van der Waals surface area contributed by atoms with Crippen LogP contribution in [0.4, 0.5) is 0 Å². The quantitative estimate of drug-likeness (QED) is 0.373. The van der Waals surface area contributed by atoms with Gasteiger partial charge in [-0.2, -0.15) is 0 Å². The number of carbonyl (C=O) groups excluding carboxylic acids is 1. The van der Waals surface area contributed by atoms with Crippen LogP contribution in [-0.4, -0.2) is 25.5 Å². The zero-order chi connectivity index (χ0) is 6.41. The Hall–Kier alpha value is -0.610. The second kappa shape index (κ2) is 4.55. The Bertz CT molecular complexity index is 66.3. The smallest absolute Gasteiger partial charge is 0.207 e. The molecule has 0 saturated carbocycles. The van der Waals surface area contributed by atoms with E-state index in [1.165, 1.54) is 0 Å². The summed E-state index contributed by atoms with van der Waals surface area (Å²) in [6, 6.07) is -0.111. The highest BCUT2D eigenvalue weighted by molar-refractivity contribution is 5.45. The van der Waals surface area contributed by atoms with Crippen LogP contribution in [-0.2, 0) is 4.79 Å². The van der Waals surface area contributed by atoms with Crippen LogP contribution in [0.3, 0.4) is 0 Å². The first-order chi connectivity index (χ1) is 3.81.